The molecule has 1 aromatic carbocycles. The van der Waals surface area contributed by atoms with Crippen LogP contribution >= 0.6 is 0 Å². The maximum Gasteiger partial charge on any atom is 0.254 e. The first kappa shape index (κ1) is 15.0. The first-order valence-electron chi connectivity index (χ1n) is 5.96. The van der Waals surface area contributed by atoms with E-state index < -0.39 is 5.91 Å². The molecule has 0 bridgehead atoms. The number of hydrogen-bond acceptors (Lipinski definition) is 3. The van der Waals surface area contributed by atoms with Crippen LogP contribution in [0.3, 0.4) is 0 Å². The topological polar surface area (TPSA) is 81.4 Å². The van der Waals surface area contributed by atoms with Gasteiger partial charge in [-0.15, -0.1) is 0 Å². The number of nitrogens with two attached hydrogens (primary N) is 1. The van der Waals surface area contributed by atoms with Gasteiger partial charge in [0.15, 0.2) is 0 Å². The second kappa shape index (κ2) is 5.30. The van der Waals surface area contributed by atoms with E-state index in [1.807, 2.05) is 20.8 Å². The van der Waals surface area contributed by atoms with Crippen molar-refractivity contribution in [1.29, 1.82) is 0 Å². The molecule has 1 aromatic rings. The standard InChI is InChI=1S/C14H20N2O3/c1-14(2,3)8-6-9(12(15)17)11(19-5)10(7-8)13(18)16-4/h6-7H,1-5H3,(H2,15,17)(H,16,18). The van der Waals surface area contributed by atoms with Gasteiger partial charge < -0.3 is 15.8 Å². The molecule has 1 rings (SSSR count). The summed E-state index contributed by atoms with van der Waals surface area (Å²) < 4.78 is 5.17. The number of amides is 2. The van der Waals surface area contributed by atoms with Gasteiger partial charge in [-0.2, -0.15) is 0 Å². The summed E-state index contributed by atoms with van der Waals surface area (Å²) in [5, 5.41) is 2.53. The summed E-state index contributed by atoms with van der Waals surface area (Å²) >= 11 is 0. The van der Waals surface area contributed by atoms with Gasteiger partial charge in [0.2, 0.25) is 0 Å². The SMILES string of the molecule is CNC(=O)c1cc(C(C)(C)C)cc(C(N)=O)c1OC. The lowest BCUT2D eigenvalue weighted by Crippen LogP contribution is -2.23. The van der Waals surface area contributed by atoms with E-state index in [4.69, 9.17) is 10.5 Å². The highest BCUT2D eigenvalue weighted by Gasteiger charge is 2.24. The summed E-state index contributed by atoms with van der Waals surface area (Å²) in [4.78, 5) is 23.4. The van der Waals surface area contributed by atoms with Crippen molar-refractivity contribution in [2.24, 2.45) is 5.73 Å². The molecule has 3 N–H and O–H groups in total. The number of primary amides is 1. The first-order chi connectivity index (χ1) is 8.72. The van der Waals surface area contributed by atoms with Gasteiger partial charge in [0, 0.05) is 7.05 Å². The molecule has 104 valence electrons. The number of benzene rings is 1. The number of carbonyl (C=O) groups excluding carboxylic acids is 2. The molecule has 0 aromatic heterocycles. The van der Waals surface area contributed by atoms with Crippen molar-refractivity contribution in [3.8, 4) is 5.75 Å². The molecular formula is C14H20N2O3. The fraction of sp³-hybridized carbons (Fsp3) is 0.429. The van der Waals surface area contributed by atoms with Gasteiger partial charge >= 0.3 is 0 Å². The van der Waals surface area contributed by atoms with Crippen LogP contribution in [0, 0.1) is 0 Å². The quantitative estimate of drug-likeness (QED) is 0.867. The van der Waals surface area contributed by atoms with Gasteiger partial charge in [-0.1, -0.05) is 20.8 Å². The van der Waals surface area contributed by atoms with Crippen LogP contribution in [0.5, 0.6) is 5.75 Å². The lowest BCUT2D eigenvalue weighted by Gasteiger charge is -2.22. The minimum atomic E-state index is -0.617. The van der Waals surface area contributed by atoms with E-state index >= 15 is 0 Å². The third-order valence-electron chi connectivity index (χ3n) is 2.90. The predicted octanol–water partition coefficient (Wildman–Crippen LogP) is 1.45. The molecular weight excluding hydrogens is 244 g/mol. The van der Waals surface area contributed by atoms with E-state index in [0.717, 1.165) is 5.56 Å². The minimum absolute atomic E-state index is 0.208. The monoisotopic (exact) mass is 264 g/mol. The number of nitrogens with one attached hydrogen (secondary N) is 1. The molecule has 0 radical (unpaired) electrons. The highest BCUT2D eigenvalue weighted by molar-refractivity contribution is 6.03. The van der Waals surface area contributed by atoms with Crippen molar-refractivity contribution < 1.29 is 14.3 Å². The Balaban J connectivity index is 3.64. The third kappa shape index (κ3) is 3.05. The number of methoxy groups -OCH3 is 1. The Labute approximate surface area is 113 Å². The Bertz CT molecular complexity index is 516. The summed E-state index contributed by atoms with van der Waals surface area (Å²) in [5.41, 5.74) is 6.53. The van der Waals surface area contributed by atoms with Crippen LogP contribution in [0.15, 0.2) is 12.1 Å². The summed E-state index contributed by atoms with van der Waals surface area (Å²) in [6.45, 7) is 5.98. The molecule has 0 unspecified atom stereocenters. The number of rotatable bonds is 3. The van der Waals surface area contributed by atoms with Crippen LogP contribution < -0.4 is 15.8 Å². The normalized spacial score (nSPS) is 11.0. The molecule has 0 heterocycles. The van der Waals surface area contributed by atoms with Gasteiger partial charge in [0.05, 0.1) is 18.2 Å². The van der Waals surface area contributed by atoms with E-state index in [2.05, 4.69) is 5.32 Å². The molecule has 0 aliphatic heterocycles. The lowest BCUT2D eigenvalue weighted by molar-refractivity contribution is 0.0960. The van der Waals surface area contributed by atoms with E-state index in [9.17, 15) is 9.59 Å². The minimum Gasteiger partial charge on any atom is -0.495 e. The maximum atomic E-state index is 11.9. The maximum absolute atomic E-state index is 11.9. The Morgan fingerprint density at radius 1 is 1.21 bits per heavy atom. The smallest absolute Gasteiger partial charge is 0.254 e. The second-order valence-electron chi connectivity index (χ2n) is 5.30. The predicted molar refractivity (Wildman–Crippen MR) is 73.6 cm³/mol. The second-order valence-corrected chi connectivity index (χ2v) is 5.30. The van der Waals surface area contributed by atoms with Crippen molar-refractivity contribution in [3.63, 3.8) is 0 Å². The Hall–Kier alpha value is -2.04. The molecule has 0 saturated heterocycles. The van der Waals surface area contributed by atoms with Crippen LogP contribution in [0.1, 0.15) is 47.1 Å². The Morgan fingerprint density at radius 3 is 2.11 bits per heavy atom. The van der Waals surface area contributed by atoms with Crippen molar-refractivity contribution in [1.82, 2.24) is 5.32 Å². The van der Waals surface area contributed by atoms with Crippen molar-refractivity contribution >= 4 is 11.8 Å². The zero-order chi connectivity index (χ0) is 14.8. The first-order valence-corrected chi connectivity index (χ1v) is 5.96. The Kier molecular flexibility index (Phi) is 4.19. The zero-order valence-corrected chi connectivity index (χ0v) is 12.0. The lowest BCUT2D eigenvalue weighted by atomic mass is 9.84. The largest absolute Gasteiger partial charge is 0.495 e. The highest BCUT2D eigenvalue weighted by atomic mass is 16.5. The van der Waals surface area contributed by atoms with E-state index in [1.165, 1.54) is 14.2 Å². The van der Waals surface area contributed by atoms with Gasteiger partial charge in [0.25, 0.3) is 11.8 Å². The highest BCUT2D eigenvalue weighted by Crippen LogP contribution is 2.31. The van der Waals surface area contributed by atoms with Crippen LogP contribution in [0.2, 0.25) is 0 Å². The number of hydrogen-bond donors (Lipinski definition) is 2. The fourth-order valence-electron chi connectivity index (χ4n) is 1.77. The molecule has 5 nitrogen and oxygen atoms in total. The van der Waals surface area contributed by atoms with Crippen LogP contribution in [-0.4, -0.2) is 26.0 Å². The van der Waals surface area contributed by atoms with Gasteiger partial charge in [0.1, 0.15) is 5.75 Å². The van der Waals surface area contributed by atoms with E-state index in [-0.39, 0.29) is 22.6 Å². The van der Waals surface area contributed by atoms with Crippen LogP contribution in [-0.2, 0) is 5.41 Å². The zero-order valence-electron chi connectivity index (χ0n) is 12.0. The molecule has 0 saturated carbocycles. The van der Waals surface area contributed by atoms with Crippen LogP contribution in [0.4, 0.5) is 0 Å². The van der Waals surface area contributed by atoms with Crippen molar-refractivity contribution in [3.05, 3.63) is 28.8 Å². The number of ether oxygens (including phenoxy) is 1. The molecule has 0 spiro atoms. The molecule has 0 aliphatic carbocycles. The van der Waals surface area contributed by atoms with E-state index in [0.29, 0.717) is 5.56 Å². The average Bonchev–Trinajstić information content (AvgIpc) is 2.34. The summed E-state index contributed by atoms with van der Waals surface area (Å²) in [5.74, 6) is -0.724. The Morgan fingerprint density at radius 2 is 1.74 bits per heavy atom. The molecule has 0 aliphatic rings. The summed E-state index contributed by atoms with van der Waals surface area (Å²) in [7, 11) is 2.93. The molecule has 0 fully saturated rings. The molecule has 2 amide bonds. The summed E-state index contributed by atoms with van der Waals surface area (Å²) in [6.07, 6.45) is 0. The van der Waals surface area contributed by atoms with Gasteiger partial charge in [-0.25, -0.2) is 0 Å². The van der Waals surface area contributed by atoms with Gasteiger partial charge in [-0.3, -0.25) is 9.59 Å². The molecule has 0 atom stereocenters. The average molecular weight is 264 g/mol. The molecule has 5 heteroatoms. The van der Waals surface area contributed by atoms with Crippen LogP contribution in [0.25, 0.3) is 0 Å². The fourth-order valence-corrected chi connectivity index (χ4v) is 1.77. The van der Waals surface area contributed by atoms with E-state index in [1.54, 1.807) is 12.1 Å². The van der Waals surface area contributed by atoms with Gasteiger partial charge in [-0.05, 0) is 23.1 Å². The molecule has 19 heavy (non-hydrogen) atoms. The van der Waals surface area contributed by atoms with Crippen molar-refractivity contribution in [2.75, 3.05) is 14.2 Å². The third-order valence-corrected chi connectivity index (χ3v) is 2.90. The van der Waals surface area contributed by atoms with Crippen molar-refractivity contribution in [2.45, 2.75) is 26.2 Å². The summed E-state index contributed by atoms with van der Waals surface area (Å²) in [6, 6.07) is 3.40. The number of carbonyl (C=O) groups is 2.